The highest BCUT2D eigenvalue weighted by Crippen LogP contribution is 2.35. The Morgan fingerprint density at radius 1 is 1.18 bits per heavy atom. The van der Waals surface area contributed by atoms with Crippen LogP contribution < -0.4 is 19.7 Å². The van der Waals surface area contributed by atoms with Gasteiger partial charge in [0.1, 0.15) is 11.5 Å². The van der Waals surface area contributed by atoms with E-state index in [0.29, 0.717) is 41.7 Å². The first kappa shape index (κ1) is 20.0. The minimum absolute atomic E-state index is 0.0960. The normalized spacial score (nSPS) is 16.2. The average Bonchev–Trinajstić information content (AvgIpc) is 3.10. The van der Waals surface area contributed by atoms with Crippen molar-refractivity contribution < 1.29 is 19.1 Å². The summed E-state index contributed by atoms with van der Waals surface area (Å²) in [6.45, 7) is 0.839. The topological polar surface area (TPSA) is 67.9 Å². The molecule has 0 bridgehead atoms. The van der Waals surface area contributed by atoms with Crippen molar-refractivity contribution in [3.63, 3.8) is 0 Å². The van der Waals surface area contributed by atoms with Crippen molar-refractivity contribution in [1.29, 1.82) is 0 Å². The Hall–Kier alpha value is -2.73. The Kier molecular flexibility index (Phi) is 6.41. The molecule has 1 fully saturated rings. The van der Waals surface area contributed by atoms with E-state index in [-0.39, 0.29) is 24.2 Å². The number of hydrogen-bond donors (Lipinski definition) is 1. The lowest BCUT2D eigenvalue weighted by Crippen LogP contribution is -2.34. The first-order valence-corrected chi connectivity index (χ1v) is 9.44. The van der Waals surface area contributed by atoms with E-state index in [9.17, 15) is 9.59 Å². The van der Waals surface area contributed by atoms with E-state index in [1.165, 1.54) is 0 Å². The molecule has 0 saturated carbocycles. The lowest BCUT2D eigenvalue weighted by molar-refractivity contribution is -0.126. The van der Waals surface area contributed by atoms with E-state index in [1.807, 2.05) is 24.3 Å². The van der Waals surface area contributed by atoms with Gasteiger partial charge >= 0.3 is 0 Å². The predicted molar refractivity (Wildman–Crippen MR) is 108 cm³/mol. The van der Waals surface area contributed by atoms with Crippen LogP contribution in [0.5, 0.6) is 11.5 Å². The molecule has 0 aromatic heterocycles. The Bertz CT molecular complexity index is 854. The van der Waals surface area contributed by atoms with Gasteiger partial charge in [-0.1, -0.05) is 23.7 Å². The van der Waals surface area contributed by atoms with Gasteiger partial charge in [-0.25, -0.2) is 0 Å². The highest BCUT2D eigenvalue weighted by Gasteiger charge is 2.36. The second-order valence-electron chi connectivity index (χ2n) is 6.61. The summed E-state index contributed by atoms with van der Waals surface area (Å²) in [5, 5.41) is 3.61. The van der Waals surface area contributed by atoms with Crippen LogP contribution in [0, 0.1) is 5.92 Å². The minimum Gasteiger partial charge on any atom is -0.497 e. The van der Waals surface area contributed by atoms with Gasteiger partial charge in [-0.15, -0.1) is 0 Å². The number of halogens is 1. The molecule has 0 radical (unpaired) electrons. The van der Waals surface area contributed by atoms with Crippen molar-refractivity contribution in [2.45, 2.75) is 12.8 Å². The van der Waals surface area contributed by atoms with Gasteiger partial charge in [-0.3, -0.25) is 9.59 Å². The first-order chi connectivity index (χ1) is 13.5. The Morgan fingerprint density at radius 3 is 2.61 bits per heavy atom. The number of ether oxygens (including phenoxy) is 2. The molecular weight excluding hydrogens is 380 g/mol. The van der Waals surface area contributed by atoms with Gasteiger partial charge in [0.15, 0.2) is 0 Å². The summed E-state index contributed by atoms with van der Waals surface area (Å²) < 4.78 is 10.6. The maximum Gasteiger partial charge on any atom is 0.227 e. The summed E-state index contributed by atoms with van der Waals surface area (Å²) in [6.07, 6.45) is 0.890. The zero-order valence-corrected chi connectivity index (χ0v) is 16.7. The zero-order valence-electron chi connectivity index (χ0n) is 15.9. The fraction of sp³-hybridized carbons (Fsp3) is 0.333. The average molecular weight is 403 g/mol. The molecule has 2 aromatic carbocycles. The second-order valence-corrected chi connectivity index (χ2v) is 7.05. The van der Waals surface area contributed by atoms with E-state index >= 15 is 0 Å². The van der Waals surface area contributed by atoms with Crippen LogP contribution in [0.4, 0.5) is 5.69 Å². The van der Waals surface area contributed by atoms with Gasteiger partial charge in [-0.2, -0.15) is 0 Å². The van der Waals surface area contributed by atoms with Crippen molar-refractivity contribution >= 4 is 29.1 Å². The fourth-order valence-corrected chi connectivity index (χ4v) is 3.38. The van der Waals surface area contributed by atoms with Crippen LogP contribution in [0.1, 0.15) is 12.0 Å². The molecule has 3 rings (SSSR count). The molecule has 0 unspecified atom stereocenters. The quantitative estimate of drug-likeness (QED) is 0.772. The number of methoxy groups -OCH3 is 2. The summed E-state index contributed by atoms with van der Waals surface area (Å²) in [7, 11) is 3.11. The summed E-state index contributed by atoms with van der Waals surface area (Å²) in [4.78, 5) is 26.6. The SMILES string of the molecule is COc1ccc(N2C[C@@H](C(=O)NCCc3ccc(Cl)cc3)CC2=O)c(OC)c1. The fourth-order valence-electron chi connectivity index (χ4n) is 3.25. The number of hydrogen-bond acceptors (Lipinski definition) is 4. The summed E-state index contributed by atoms with van der Waals surface area (Å²) in [5.41, 5.74) is 1.74. The van der Waals surface area contributed by atoms with Gasteiger partial charge in [0, 0.05) is 30.6 Å². The lowest BCUT2D eigenvalue weighted by atomic mass is 10.1. The van der Waals surface area contributed by atoms with E-state index in [0.717, 1.165) is 5.56 Å². The van der Waals surface area contributed by atoms with Crippen LogP contribution >= 0.6 is 11.6 Å². The minimum atomic E-state index is -0.385. The molecule has 1 saturated heterocycles. The van der Waals surface area contributed by atoms with Crippen LogP contribution in [0.2, 0.25) is 5.02 Å². The monoisotopic (exact) mass is 402 g/mol. The van der Waals surface area contributed by atoms with Gasteiger partial charge in [0.2, 0.25) is 11.8 Å². The number of amides is 2. The van der Waals surface area contributed by atoms with Gasteiger partial charge in [0.05, 0.1) is 25.8 Å². The number of nitrogens with zero attached hydrogens (tertiary/aromatic N) is 1. The van der Waals surface area contributed by atoms with Crippen molar-refractivity contribution in [3.8, 4) is 11.5 Å². The van der Waals surface area contributed by atoms with E-state index in [2.05, 4.69) is 5.32 Å². The number of carbonyl (C=O) groups excluding carboxylic acids is 2. The largest absolute Gasteiger partial charge is 0.497 e. The Morgan fingerprint density at radius 2 is 1.93 bits per heavy atom. The first-order valence-electron chi connectivity index (χ1n) is 9.06. The Balaban J connectivity index is 1.59. The van der Waals surface area contributed by atoms with Gasteiger partial charge in [-0.05, 0) is 36.2 Å². The molecule has 2 aromatic rings. The predicted octanol–water partition coefficient (Wildman–Crippen LogP) is 3.07. The van der Waals surface area contributed by atoms with Gasteiger partial charge < -0.3 is 19.7 Å². The van der Waals surface area contributed by atoms with Crippen molar-refractivity contribution in [1.82, 2.24) is 5.32 Å². The zero-order chi connectivity index (χ0) is 20.1. The molecule has 148 valence electrons. The van der Waals surface area contributed by atoms with E-state index in [1.54, 1.807) is 37.3 Å². The van der Waals surface area contributed by atoms with Crippen molar-refractivity contribution in [2.24, 2.45) is 5.92 Å². The third kappa shape index (κ3) is 4.57. The molecule has 28 heavy (non-hydrogen) atoms. The van der Waals surface area contributed by atoms with Crippen molar-refractivity contribution in [3.05, 3.63) is 53.1 Å². The van der Waals surface area contributed by atoms with Crippen LogP contribution in [0.3, 0.4) is 0 Å². The number of rotatable bonds is 7. The lowest BCUT2D eigenvalue weighted by Gasteiger charge is -2.20. The highest BCUT2D eigenvalue weighted by molar-refractivity contribution is 6.30. The third-order valence-electron chi connectivity index (χ3n) is 4.80. The van der Waals surface area contributed by atoms with Crippen LogP contribution in [-0.4, -0.2) is 39.1 Å². The van der Waals surface area contributed by atoms with Crippen LogP contribution in [0.15, 0.2) is 42.5 Å². The molecule has 1 atom stereocenters. The number of benzene rings is 2. The Labute approximate surface area is 169 Å². The van der Waals surface area contributed by atoms with Crippen LogP contribution in [0.25, 0.3) is 0 Å². The molecule has 6 nitrogen and oxygen atoms in total. The molecule has 1 heterocycles. The second kappa shape index (κ2) is 8.97. The molecule has 1 aliphatic heterocycles. The molecule has 1 N–H and O–H groups in total. The van der Waals surface area contributed by atoms with Gasteiger partial charge in [0.25, 0.3) is 0 Å². The maximum atomic E-state index is 12.5. The van der Waals surface area contributed by atoms with Crippen LogP contribution in [-0.2, 0) is 16.0 Å². The number of nitrogens with one attached hydrogen (secondary N) is 1. The molecule has 2 amide bonds. The number of carbonyl (C=O) groups is 2. The van der Waals surface area contributed by atoms with E-state index < -0.39 is 0 Å². The smallest absolute Gasteiger partial charge is 0.227 e. The summed E-state index contributed by atoms with van der Waals surface area (Å²) in [5.74, 6) is 0.586. The summed E-state index contributed by atoms with van der Waals surface area (Å²) in [6, 6.07) is 12.8. The molecule has 0 spiro atoms. The molecule has 7 heteroatoms. The maximum absolute atomic E-state index is 12.5. The standard InChI is InChI=1S/C21H23ClN2O4/c1-27-17-7-8-18(19(12-17)28-2)24-13-15(11-20(24)25)21(26)23-10-9-14-3-5-16(22)6-4-14/h3-8,12,15H,9-11,13H2,1-2H3,(H,23,26)/t15-/m0/s1. The van der Waals surface area contributed by atoms with Crippen molar-refractivity contribution in [2.75, 3.05) is 32.2 Å². The summed E-state index contributed by atoms with van der Waals surface area (Å²) >= 11 is 5.88. The molecule has 0 aliphatic carbocycles. The third-order valence-corrected chi connectivity index (χ3v) is 5.05. The highest BCUT2D eigenvalue weighted by atomic mass is 35.5. The number of anilines is 1. The molecular formula is C21H23ClN2O4. The van der Waals surface area contributed by atoms with E-state index in [4.69, 9.17) is 21.1 Å². The molecule has 1 aliphatic rings.